The average Bonchev–Trinajstić information content (AvgIpc) is 3.42. The quantitative estimate of drug-likeness (QED) is 0.0211. The van der Waals surface area contributed by atoms with Gasteiger partial charge in [-0.3, -0.25) is 18.6 Å². The Hall–Kier alpha value is -4.37. The van der Waals surface area contributed by atoms with E-state index in [9.17, 15) is 19.0 Å². The molecule has 0 fully saturated rings. The molecule has 9 nitrogen and oxygen atoms in total. The summed E-state index contributed by atoms with van der Waals surface area (Å²) in [4.78, 5) is 35.8. The maximum Gasteiger partial charge on any atom is 0.472 e. The van der Waals surface area contributed by atoms with Crippen molar-refractivity contribution in [3.8, 4) is 0 Å². The highest BCUT2D eigenvalue weighted by molar-refractivity contribution is 7.47. The molecule has 0 aromatic carbocycles. The Kier molecular flexibility index (Phi) is 56.0. The van der Waals surface area contributed by atoms with Gasteiger partial charge in [0, 0.05) is 12.8 Å². The van der Waals surface area contributed by atoms with Crippen molar-refractivity contribution in [3.63, 3.8) is 0 Å². The lowest BCUT2D eigenvalue weighted by atomic mass is 10.0. The zero-order valence-corrected chi connectivity index (χ0v) is 52.1. The summed E-state index contributed by atoms with van der Waals surface area (Å²) in [5, 5.41) is 0. The lowest BCUT2D eigenvalue weighted by molar-refractivity contribution is -0.870. The largest absolute Gasteiger partial charge is 0.472 e. The number of ether oxygens (including phenoxy) is 2. The number of carbonyl (C=O) groups excluding carboxylic acids is 2. The molecule has 10 heteroatoms. The Morgan fingerprint density at radius 1 is 0.388 bits per heavy atom. The van der Waals surface area contributed by atoms with Crippen LogP contribution in [0.2, 0.25) is 0 Å². The standard InChI is InChI=1S/C70H114NO8P/c1-6-8-10-12-14-16-18-20-22-24-26-28-29-30-31-32-33-34-35-36-37-38-39-40-41-43-45-47-49-51-53-55-57-59-61-63-70(73)79-68(67-78-80(74,75)77-65-64-71(3,4)5)66-76-69(72)62-60-58-56-54-52-50-48-46-44-42-27-25-23-21-19-17-15-13-11-9-7-2/h8-11,14-17,20-23,26-28,30-31,33-34,36-37,39-40,42,46,48,68H,6-7,12-13,18-19,24-25,29,32,35,38,41,43-45,47,49-67H2,1-5H3/p+1/b10-8-,11-9-,16-14-,17-15-,22-20-,23-21-,28-26-,31-30-,34-33-,37-36-,40-39-,42-27-,48-46-. The van der Waals surface area contributed by atoms with E-state index in [1.807, 2.05) is 21.1 Å². The van der Waals surface area contributed by atoms with E-state index in [1.165, 1.54) is 38.5 Å². The molecule has 452 valence electrons. The normalized spacial score (nSPS) is 14.3. The van der Waals surface area contributed by atoms with Gasteiger partial charge >= 0.3 is 19.8 Å². The molecule has 0 aliphatic heterocycles. The molecule has 0 aliphatic rings. The third-order valence-corrected chi connectivity index (χ3v) is 13.5. The third kappa shape index (κ3) is 62.8. The third-order valence-electron chi connectivity index (χ3n) is 12.6. The molecule has 0 aliphatic carbocycles. The van der Waals surface area contributed by atoms with Gasteiger partial charge in [0.2, 0.25) is 0 Å². The van der Waals surface area contributed by atoms with E-state index >= 15 is 0 Å². The monoisotopic (exact) mass is 1130 g/mol. The Morgan fingerprint density at radius 2 is 0.675 bits per heavy atom. The predicted molar refractivity (Wildman–Crippen MR) is 343 cm³/mol. The fourth-order valence-corrected chi connectivity index (χ4v) is 8.56. The van der Waals surface area contributed by atoms with Crippen LogP contribution >= 0.6 is 7.82 Å². The van der Waals surface area contributed by atoms with Crippen LogP contribution in [0.5, 0.6) is 0 Å². The van der Waals surface area contributed by atoms with Crippen LogP contribution in [0.1, 0.15) is 219 Å². The van der Waals surface area contributed by atoms with Gasteiger partial charge in [0.1, 0.15) is 19.8 Å². The maximum atomic E-state index is 12.8. The van der Waals surface area contributed by atoms with Gasteiger partial charge in [-0.15, -0.1) is 0 Å². The van der Waals surface area contributed by atoms with Gasteiger partial charge in [-0.2, -0.15) is 0 Å². The van der Waals surface area contributed by atoms with E-state index in [-0.39, 0.29) is 26.1 Å². The molecule has 0 rings (SSSR count). The average molecular weight is 1130 g/mol. The number of rotatable bonds is 55. The number of nitrogens with zero attached hydrogens (tertiary/aromatic N) is 1. The minimum Gasteiger partial charge on any atom is -0.462 e. The highest BCUT2D eigenvalue weighted by Gasteiger charge is 2.27. The fourth-order valence-electron chi connectivity index (χ4n) is 7.82. The summed E-state index contributed by atoms with van der Waals surface area (Å²) in [6.45, 7) is 4.16. The highest BCUT2D eigenvalue weighted by atomic mass is 31.2. The van der Waals surface area contributed by atoms with Crippen LogP contribution in [0.4, 0.5) is 0 Å². The second-order valence-corrected chi connectivity index (χ2v) is 22.8. The fraction of sp³-hybridized carbons (Fsp3) is 0.600. The first-order chi connectivity index (χ1) is 39.0. The summed E-state index contributed by atoms with van der Waals surface area (Å²) in [7, 11) is 1.44. The Morgan fingerprint density at radius 3 is 1.00 bits per heavy atom. The molecule has 0 aromatic heterocycles. The van der Waals surface area contributed by atoms with Crippen molar-refractivity contribution >= 4 is 19.8 Å². The van der Waals surface area contributed by atoms with Gasteiger partial charge in [0.05, 0.1) is 27.7 Å². The van der Waals surface area contributed by atoms with Crippen molar-refractivity contribution in [2.45, 2.75) is 225 Å². The van der Waals surface area contributed by atoms with Gasteiger partial charge in [0.25, 0.3) is 0 Å². The summed E-state index contributed by atoms with van der Waals surface area (Å²) >= 11 is 0. The van der Waals surface area contributed by atoms with Crippen LogP contribution in [-0.4, -0.2) is 74.9 Å². The van der Waals surface area contributed by atoms with Crippen LogP contribution in [0, 0.1) is 0 Å². The van der Waals surface area contributed by atoms with Crippen molar-refractivity contribution in [2.24, 2.45) is 0 Å². The smallest absolute Gasteiger partial charge is 0.462 e. The molecule has 0 saturated heterocycles. The first-order valence-corrected chi connectivity index (χ1v) is 32.7. The molecule has 2 atom stereocenters. The molecule has 2 unspecified atom stereocenters. The molecule has 0 amide bonds. The van der Waals surface area contributed by atoms with E-state index in [2.05, 4.69) is 172 Å². The van der Waals surface area contributed by atoms with Crippen LogP contribution in [0.25, 0.3) is 0 Å². The van der Waals surface area contributed by atoms with Crippen LogP contribution in [0.15, 0.2) is 158 Å². The SMILES string of the molecule is CC/C=C\C/C=C\C/C=C\C/C=C\C/C=C\C/C=C\C/C=C\C/C=C\CCCCCCCCCCCCC(=O)OC(COC(=O)CCCCCCC/C=C\C/C=C\C/C=C\C/C=C\C/C=C\CC)COP(=O)(O)OCC[N+](C)(C)C. The lowest BCUT2D eigenvalue weighted by Crippen LogP contribution is -2.37. The summed E-state index contributed by atoms with van der Waals surface area (Å²) in [5.74, 6) is -0.836. The van der Waals surface area contributed by atoms with Crippen LogP contribution in [0.3, 0.4) is 0 Å². The molecule has 1 N–H and O–H groups in total. The number of carbonyl (C=O) groups is 2. The topological polar surface area (TPSA) is 108 Å². The van der Waals surface area contributed by atoms with Gasteiger partial charge < -0.3 is 18.9 Å². The van der Waals surface area contributed by atoms with Gasteiger partial charge in [-0.1, -0.05) is 242 Å². The minimum atomic E-state index is -4.41. The number of phosphoric ester groups is 1. The Labute approximate surface area is 490 Å². The number of esters is 2. The molecule has 0 aromatic rings. The second kappa shape index (κ2) is 59.3. The van der Waals surface area contributed by atoms with E-state index in [0.29, 0.717) is 23.9 Å². The number of unbranched alkanes of at least 4 members (excludes halogenated alkanes) is 15. The van der Waals surface area contributed by atoms with E-state index in [4.69, 9.17) is 18.5 Å². The predicted octanol–water partition coefficient (Wildman–Crippen LogP) is 20.0. The summed E-state index contributed by atoms with van der Waals surface area (Å²) in [6.07, 6.45) is 88.9. The number of likely N-dealkylation sites (N-methyl/N-ethyl adjacent to an activating group) is 1. The van der Waals surface area contributed by atoms with Crippen molar-refractivity contribution in [2.75, 3.05) is 47.5 Å². The lowest BCUT2D eigenvalue weighted by Gasteiger charge is -2.24. The van der Waals surface area contributed by atoms with E-state index in [0.717, 1.165) is 141 Å². The summed E-state index contributed by atoms with van der Waals surface area (Å²) < 4.78 is 34.6. The Bertz CT molecular complexity index is 1900. The van der Waals surface area contributed by atoms with Gasteiger partial charge in [-0.05, 0) is 122 Å². The summed E-state index contributed by atoms with van der Waals surface area (Å²) in [6, 6.07) is 0. The van der Waals surface area contributed by atoms with Crippen LogP contribution in [-0.2, 0) is 32.7 Å². The highest BCUT2D eigenvalue weighted by Crippen LogP contribution is 2.43. The first kappa shape index (κ1) is 75.6. The van der Waals surface area contributed by atoms with Crippen molar-refractivity contribution < 1.29 is 42.1 Å². The van der Waals surface area contributed by atoms with Gasteiger partial charge in [-0.25, -0.2) is 4.57 Å². The molecule has 0 radical (unpaired) electrons. The van der Waals surface area contributed by atoms with Gasteiger partial charge in [0.15, 0.2) is 6.10 Å². The number of hydrogen-bond acceptors (Lipinski definition) is 7. The Balaban J connectivity index is 4.19. The van der Waals surface area contributed by atoms with Crippen LogP contribution < -0.4 is 0 Å². The molecular formula is C70H115NO8P+. The zero-order valence-electron chi connectivity index (χ0n) is 51.2. The molecule has 0 spiro atoms. The molecule has 0 bridgehead atoms. The maximum absolute atomic E-state index is 12.8. The van der Waals surface area contributed by atoms with Crippen molar-refractivity contribution in [1.82, 2.24) is 0 Å². The first-order valence-electron chi connectivity index (χ1n) is 31.2. The number of allylic oxidation sites excluding steroid dienone is 26. The molecular weight excluding hydrogens is 1010 g/mol. The minimum absolute atomic E-state index is 0.0186. The van der Waals surface area contributed by atoms with E-state index < -0.39 is 32.5 Å². The second-order valence-electron chi connectivity index (χ2n) is 21.3. The number of quaternary nitrogens is 1. The number of phosphoric acid groups is 1. The van der Waals surface area contributed by atoms with Crippen molar-refractivity contribution in [3.05, 3.63) is 158 Å². The molecule has 80 heavy (non-hydrogen) atoms. The van der Waals surface area contributed by atoms with E-state index in [1.54, 1.807) is 0 Å². The molecule has 0 saturated carbocycles. The molecule has 0 heterocycles. The summed E-state index contributed by atoms with van der Waals surface area (Å²) in [5.41, 5.74) is 0. The van der Waals surface area contributed by atoms with Crippen molar-refractivity contribution in [1.29, 1.82) is 0 Å². The zero-order chi connectivity index (χ0) is 58.4. The number of hydrogen-bond donors (Lipinski definition) is 1.